The van der Waals surface area contributed by atoms with Crippen LogP contribution in [0.5, 0.6) is 5.75 Å². The van der Waals surface area contributed by atoms with Crippen LogP contribution in [-0.2, 0) is 12.8 Å². The largest absolute Gasteiger partial charge is 0.487 e. The Labute approximate surface area is 108 Å². The van der Waals surface area contributed by atoms with Gasteiger partial charge in [-0.25, -0.2) is 0 Å². The lowest BCUT2D eigenvalue weighted by Crippen LogP contribution is -2.28. The summed E-state index contributed by atoms with van der Waals surface area (Å²) in [4.78, 5) is 0. The van der Waals surface area contributed by atoms with E-state index in [2.05, 4.69) is 19.9 Å². The van der Waals surface area contributed by atoms with E-state index in [0.717, 1.165) is 17.7 Å². The molecule has 4 heteroatoms. The topological polar surface area (TPSA) is 55.5 Å². The minimum absolute atomic E-state index is 0. The Balaban J connectivity index is 0.00000144. The molecule has 2 rings (SSSR count). The predicted octanol–water partition coefficient (Wildman–Crippen LogP) is 1.68. The first-order chi connectivity index (χ1) is 7.52. The average Bonchev–Trinajstić information content (AvgIpc) is 2.53. The van der Waals surface area contributed by atoms with E-state index in [0.29, 0.717) is 6.42 Å². The van der Waals surface area contributed by atoms with Gasteiger partial charge in [0.2, 0.25) is 0 Å². The van der Waals surface area contributed by atoms with Crippen LogP contribution in [0.25, 0.3) is 0 Å². The van der Waals surface area contributed by atoms with Crippen LogP contribution in [0, 0.1) is 0 Å². The van der Waals surface area contributed by atoms with Gasteiger partial charge < -0.3 is 15.6 Å². The molecule has 0 saturated carbocycles. The first kappa shape index (κ1) is 14.3. The fraction of sp³-hybridized carbons (Fsp3) is 0.538. The third-order valence-electron chi connectivity index (χ3n) is 2.89. The van der Waals surface area contributed by atoms with Gasteiger partial charge in [-0.15, -0.1) is 12.4 Å². The quantitative estimate of drug-likeness (QED) is 0.866. The number of fused-ring (bicyclic) bond motifs is 1. The Morgan fingerprint density at radius 3 is 2.82 bits per heavy atom. The highest BCUT2D eigenvalue weighted by atomic mass is 35.5. The molecule has 3 N–H and O–H groups in total. The van der Waals surface area contributed by atoms with Crippen molar-refractivity contribution in [3.8, 4) is 5.75 Å². The first-order valence-corrected chi connectivity index (χ1v) is 5.68. The molecule has 1 atom stereocenters. The highest BCUT2D eigenvalue weighted by Gasteiger charge is 2.31. The standard InChI is InChI=1S/C13H19NO2.ClH/c1-13(2)7-10-5-3-4-9(12(10)16-13)6-11(14)8-15;/h3-5,11,15H,6-8,14H2,1-2H3;1H. The summed E-state index contributed by atoms with van der Waals surface area (Å²) in [5.74, 6) is 0.969. The van der Waals surface area contributed by atoms with Gasteiger partial charge >= 0.3 is 0 Å². The minimum Gasteiger partial charge on any atom is -0.487 e. The SMILES string of the molecule is CC1(C)Cc2cccc(CC(N)CO)c2O1.Cl. The second-order valence-electron chi connectivity index (χ2n) is 5.09. The molecule has 0 aliphatic carbocycles. The number of aliphatic hydroxyl groups excluding tert-OH is 1. The van der Waals surface area contributed by atoms with Gasteiger partial charge in [-0.05, 0) is 31.4 Å². The van der Waals surface area contributed by atoms with E-state index < -0.39 is 0 Å². The van der Waals surface area contributed by atoms with Crippen molar-refractivity contribution in [3.05, 3.63) is 29.3 Å². The normalized spacial score (nSPS) is 17.9. The maximum atomic E-state index is 8.98. The van der Waals surface area contributed by atoms with Gasteiger partial charge in [0.1, 0.15) is 11.4 Å². The van der Waals surface area contributed by atoms with Crippen LogP contribution in [0.3, 0.4) is 0 Å². The molecule has 1 aliphatic rings. The highest BCUT2D eigenvalue weighted by molar-refractivity contribution is 5.85. The lowest BCUT2D eigenvalue weighted by Gasteiger charge is -2.19. The third-order valence-corrected chi connectivity index (χ3v) is 2.89. The van der Waals surface area contributed by atoms with Crippen molar-refractivity contribution in [1.29, 1.82) is 0 Å². The Hall–Kier alpha value is -0.770. The van der Waals surface area contributed by atoms with E-state index in [1.165, 1.54) is 5.56 Å². The molecule has 1 heterocycles. The van der Waals surface area contributed by atoms with Gasteiger partial charge in [0.25, 0.3) is 0 Å². The Morgan fingerprint density at radius 2 is 2.18 bits per heavy atom. The molecule has 0 fully saturated rings. The summed E-state index contributed by atoms with van der Waals surface area (Å²) in [7, 11) is 0. The second-order valence-corrected chi connectivity index (χ2v) is 5.09. The zero-order valence-electron chi connectivity index (χ0n) is 10.3. The molecular weight excluding hydrogens is 238 g/mol. The van der Waals surface area contributed by atoms with Crippen molar-refractivity contribution in [3.63, 3.8) is 0 Å². The summed E-state index contributed by atoms with van der Waals surface area (Å²) in [6.07, 6.45) is 1.60. The lowest BCUT2D eigenvalue weighted by molar-refractivity contribution is 0.137. The van der Waals surface area contributed by atoms with Gasteiger partial charge in [-0.3, -0.25) is 0 Å². The van der Waals surface area contributed by atoms with Crippen LogP contribution in [-0.4, -0.2) is 23.4 Å². The van der Waals surface area contributed by atoms with Crippen molar-refractivity contribution < 1.29 is 9.84 Å². The minimum atomic E-state index is -0.209. The summed E-state index contributed by atoms with van der Waals surface area (Å²) < 4.78 is 5.93. The first-order valence-electron chi connectivity index (χ1n) is 5.68. The Bertz CT molecular complexity index is 393. The number of nitrogens with two attached hydrogens (primary N) is 1. The maximum Gasteiger partial charge on any atom is 0.126 e. The number of ether oxygens (including phenoxy) is 1. The number of halogens is 1. The molecule has 3 nitrogen and oxygen atoms in total. The zero-order valence-corrected chi connectivity index (χ0v) is 11.1. The van der Waals surface area contributed by atoms with Crippen LogP contribution < -0.4 is 10.5 Å². The number of para-hydroxylation sites is 1. The fourth-order valence-corrected chi connectivity index (χ4v) is 2.19. The van der Waals surface area contributed by atoms with Gasteiger partial charge in [0.05, 0.1) is 6.61 Å². The van der Waals surface area contributed by atoms with E-state index in [1.807, 2.05) is 12.1 Å². The summed E-state index contributed by atoms with van der Waals surface area (Å²) >= 11 is 0. The second kappa shape index (κ2) is 5.25. The number of rotatable bonds is 3. The molecule has 0 radical (unpaired) electrons. The molecular formula is C13H20ClNO2. The zero-order chi connectivity index (χ0) is 11.8. The predicted molar refractivity (Wildman–Crippen MR) is 70.9 cm³/mol. The average molecular weight is 258 g/mol. The number of aliphatic hydroxyl groups is 1. The Kier molecular flexibility index (Phi) is 4.42. The highest BCUT2D eigenvalue weighted by Crippen LogP contribution is 2.37. The summed E-state index contributed by atoms with van der Waals surface area (Å²) in [6, 6.07) is 5.94. The molecule has 0 aromatic heterocycles. The molecule has 1 aliphatic heterocycles. The monoisotopic (exact) mass is 257 g/mol. The van der Waals surface area contributed by atoms with Crippen LogP contribution in [0.2, 0.25) is 0 Å². The molecule has 17 heavy (non-hydrogen) atoms. The van der Waals surface area contributed by atoms with Gasteiger partial charge in [0.15, 0.2) is 0 Å². The summed E-state index contributed by atoms with van der Waals surface area (Å²) in [5, 5.41) is 8.98. The molecule has 96 valence electrons. The van der Waals surface area contributed by atoms with E-state index >= 15 is 0 Å². The van der Waals surface area contributed by atoms with Crippen LogP contribution in [0.4, 0.5) is 0 Å². The van der Waals surface area contributed by atoms with E-state index in [4.69, 9.17) is 15.6 Å². The maximum absolute atomic E-state index is 8.98. The van der Waals surface area contributed by atoms with Gasteiger partial charge in [0, 0.05) is 12.5 Å². The van der Waals surface area contributed by atoms with Crippen LogP contribution in [0.15, 0.2) is 18.2 Å². The van der Waals surface area contributed by atoms with E-state index in [1.54, 1.807) is 0 Å². The van der Waals surface area contributed by atoms with Crippen molar-refractivity contribution >= 4 is 12.4 Å². The molecule has 0 saturated heterocycles. The molecule has 1 unspecified atom stereocenters. The molecule has 0 amide bonds. The van der Waals surface area contributed by atoms with Crippen LogP contribution in [0.1, 0.15) is 25.0 Å². The number of benzene rings is 1. The van der Waals surface area contributed by atoms with Crippen molar-refractivity contribution in [2.45, 2.75) is 38.3 Å². The molecule has 1 aromatic rings. The Morgan fingerprint density at radius 1 is 1.47 bits per heavy atom. The van der Waals surface area contributed by atoms with E-state index in [-0.39, 0.29) is 30.7 Å². The lowest BCUT2D eigenvalue weighted by atomic mass is 9.98. The number of hydrogen-bond acceptors (Lipinski definition) is 3. The van der Waals surface area contributed by atoms with Crippen LogP contribution >= 0.6 is 12.4 Å². The summed E-state index contributed by atoms with van der Waals surface area (Å²) in [6.45, 7) is 4.18. The number of hydrogen-bond donors (Lipinski definition) is 2. The molecule has 0 bridgehead atoms. The molecule has 0 spiro atoms. The van der Waals surface area contributed by atoms with E-state index in [9.17, 15) is 0 Å². The van der Waals surface area contributed by atoms with Gasteiger partial charge in [-0.1, -0.05) is 18.2 Å². The summed E-state index contributed by atoms with van der Waals surface area (Å²) in [5.41, 5.74) is 7.98. The smallest absolute Gasteiger partial charge is 0.126 e. The third kappa shape index (κ3) is 3.12. The van der Waals surface area contributed by atoms with Crippen molar-refractivity contribution in [2.75, 3.05) is 6.61 Å². The molecule has 1 aromatic carbocycles. The van der Waals surface area contributed by atoms with Crippen molar-refractivity contribution in [1.82, 2.24) is 0 Å². The fourth-order valence-electron chi connectivity index (χ4n) is 2.19. The van der Waals surface area contributed by atoms with Crippen molar-refractivity contribution in [2.24, 2.45) is 5.73 Å². The van der Waals surface area contributed by atoms with Gasteiger partial charge in [-0.2, -0.15) is 0 Å².